The van der Waals surface area contributed by atoms with E-state index in [4.69, 9.17) is 25.5 Å². The number of likely N-dealkylation sites (N-methyl/N-ethyl adjacent to an activating group) is 1. The number of benzene rings is 2. The second-order valence-corrected chi connectivity index (χ2v) is 15.1. The summed E-state index contributed by atoms with van der Waals surface area (Å²) in [6.07, 6.45) is -2.09. The molecule has 13 nitrogen and oxygen atoms in total. The number of nitrogens with zero attached hydrogens (tertiary/aromatic N) is 6. The monoisotopic (exact) mass is 855 g/mol. The molecule has 4 aromatic heterocycles. The van der Waals surface area contributed by atoms with E-state index in [1.165, 1.54) is 42.1 Å². The van der Waals surface area contributed by atoms with Crippen LogP contribution in [-0.2, 0) is 17.8 Å². The zero-order valence-corrected chi connectivity index (χ0v) is 33.3. The highest BCUT2D eigenvalue weighted by Gasteiger charge is 2.30. The van der Waals surface area contributed by atoms with Gasteiger partial charge in [-0.2, -0.15) is 22.5 Å². The molecule has 1 unspecified atom stereocenters. The number of carboxylic acid groups (broad SMARTS) is 1. The first-order valence-electron chi connectivity index (χ1n) is 18.4. The van der Waals surface area contributed by atoms with Crippen LogP contribution in [0.25, 0.3) is 32.0 Å². The van der Waals surface area contributed by atoms with Gasteiger partial charge in [-0.15, -0.1) is 11.3 Å². The number of halogens is 5. The highest BCUT2D eigenvalue weighted by Crippen LogP contribution is 2.49. The summed E-state index contributed by atoms with van der Waals surface area (Å²) in [7, 11) is 2.10. The first kappa shape index (κ1) is 41.6. The minimum absolute atomic E-state index is 0.0819. The molecule has 2 N–H and O–H groups in total. The Morgan fingerprint density at radius 3 is 2.56 bits per heavy atom. The maximum atomic E-state index is 14.3. The van der Waals surface area contributed by atoms with Crippen LogP contribution >= 0.6 is 22.9 Å². The molecule has 7 rings (SSSR count). The van der Waals surface area contributed by atoms with Gasteiger partial charge in [0.05, 0.1) is 21.0 Å². The van der Waals surface area contributed by atoms with Crippen molar-refractivity contribution in [2.75, 3.05) is 58.3 Å². The number of ether oxygens (including phenoxy) is 3. The SMILES string of the molecule is Cc1c(-c2c(-c3ccc(F)o3)sc3ncnc(NC(Cc4ccccc4OCc4ccnc(OCC(F)(F)F)n4)C(=O)O)c23)ccc(OCCN2CCN(C)CC2)c1Cl. The number of rotatable bonds is 16. The van der Waals surface area contributed by atoms with Gasteiger partial charge in [0.1, 0.15) is 53.5 Å². The average molecular weight is 856 g/mol. The molecule has 1 aliphatic rings. The molecular weight excluding hydrogens is 818 g/mol. The number of thiophene rings is 1. The molecule has 1 aliphatic heterocycles. The van der Waals surface area contributed by atoms with Crippen molar-refractivity contribution in [2.24, 2.45) is 0 Å². The molecule has 310 valence electrons. The smallest absolute Gasteiger partial charge is 0.422 e. The van der Waals surface area contributed by atoms with Crippen molar-refractivity contribution in [3.63, 3.8) is 0 Å². The number of nitrogens with one attached hydrogen (secondary N) is 1. The predicted octanol–water partition coefficient (Wildman–Crippen LogP) is 7.76. The van der Waals surface area contributed by atoms with E-state index < -0.39 is 36.8 Å². The van der Waals surface area contributed by atoms with E-state index in [0.717, 1.165) is 32.7 Å². The van der Waals surface area contributed by atoms with E-state index in [0.29, 0.717) is 60.5 Å². The number of aromatic nitrogens is 4. The molecular formula is C40H38ClF4N7O6S. The number of anilines is 1. The second kappa shape index (κ2) is 18.1. The number of fused-ring (bicyclic) bond motifs is 1. The lowest BCUT2D eigenvalue weighted by Crippen LogP contribution is -2.45. The summed E-state index contributed by atoms with van der Waals surface area (Å²) in [5.41, 5.74) is 2.61. The molecule has 0 saturated carbocycles. The number of carboxylic acids is 1. The molecule has 1 fully saturated rings. The molecule has 0 aliphatic carbocycles. The van der Waals surface area contributed by atoms with Gasteiger partial charge in [-0.05, 0) is 54.9 Å². The third-order valence-electron chi connectivity index (χ3n) is 9.60. The summed E-state index contributed by atoms with van der Waals surface area (Å²) in [5, 5.41) is 14.5. The molecule has 0 amide bonds. The van der Waals surface area contributed by atoms with Gasteiger partial charge < -0.3 is 34.0 Å². The van der Waals surface area contributed by atoms with E-state index in [1.54, 1.807) is 30.3 Å². The fraction of sp³-hybridized carbons (Fsp3) is 0.325. The lowest BCUT2D eigenvalue weighted by molar-refractivity contribution is -0.154. The summed E-state index contributed by atoms with van der Waals surface area (Å²) < 4.78 is 74.5. The predicted molar refractivity (Wildman–Crippen MR) is 213 cm³/mol. The minimum atomic E-state index is -4.56. The maximum absolute atomic E-state index is 14.3. The van der Waals surface area contributed by atoms with Gasteiger partial charge in [0, 0.05) is 57.0 Å². The minimum Gasteiger partial charge on any atom is -0.491 e. The lowest BCUT2D eigenvalue weighted by Gasteiger charge is -2.32. The van der Waals surface area contributed by atoms with E-state index in [1.807, 2.05) is 13.0 Å². The van der Waals surface area contributed by atoms with Crippen LogP contribution in [0.5, 0.6) is 17.5 Å². The molecule has 5 heterocycles. The molecule has 1 saturated heterocycles. The van der Waals surface area contributed by atoms with Crippen molar-refractivity contribution in [1.29, 1.82) is 0 Å². The van der Waals surface area contributed by atoms with Crippen LogP contribution in [0.2, 0.25) is 5.02 Å². The molecule has 0 radical (unpaired) electrons. The Morgan fingerprint density at radius 2 is 1.81 bits per heavy atom. The van der Waals surface area contributed by atoms with E-state index in [9.17, 15) is 27.5 Å². The van der Waals surface area contributed by atoms with E-state index in [2.05, 4.69) is 46.8 Å². The van der Waals surface area contributed by atoms with Crippen molar-refractivity contribution in [3.8, 4) is 39.3 Å². The van der Waals surface area contributed by atoms with Crippen molar-refractivity contribution in [1.82, 2.24) is 29.7 Å². The van der Waals surface area contributed by atoms with E-state index in [-0.39, 0.29) is 30.3 Å². The summed E-state index contributed by atoms with van der Waals surface area (Å²) in [6.45, 7) is 5.19. The Hall–Kier alpha value is -5.56. The van der Waals surface area contributed by atoms with Crippen LogP contribution in [0.1, 0.15) is 16.8 Å². The Kier molecular flexibility index (Phi) is 12.8. The zero-order chi connectivity index (χ0) is 41.7. The largest absolute Gasteiger partial charge is 0.491 e. The summed E-state index contributed by atoms with van der Waals surface area (Å²) >= 11 is 8.19. The summed E-state index contributed by atoms with van der Waals surface area (Å²) in [5.74, 6) is 0.0535. The highest BCUT2D eigenvalue weighted by atomic mass is 35.5. The second-order valence-electron chi connectivity index (χ2n) is 13.7. The van der Waals surface area contributed by atoms with Crippen molar-refractivity contribution >= 4 is 44.9 Å². The van der Waals surface area contributed by atoms with Crippen LogP contribution in [0.3, 0.4) is 0 Å². The van der Waals surface area contributed by atoms with Crippen molar-refractivity contribution in [3.05, 3.63) is 95.0 Å². The van der Waals surface area contributed by atoms with Crippen LogP contribution < -0.4 is 19.5 Å². The first-order valence-corrected chi connectivity index (χ1v) is 19.6. The third kappa shape index (κ3) is 10.2. The number of carbonyl (C=O) groups is 1. The van der Waals surface area contributed by atoms with Gasteiger partial charge >= 0.3 is 18.2 Å². The molecule has 59 heavy (non-hydrogen) atoms. The number of hydrogen-bond acceptors (Lipinski definition) is 13. The van der Waals surface area contributed by atoms with Crippen LogP contribution in [-0.4, -0.2) is 106 Å². The number of para-hydroxylation sites is 1. The Bertz CT molecular complexity index is 2420. The molecule has 0 spiro atoms. The highest BCUT2D eigenvalue weighted by molar-refractivity contribution is 7.22. The van der Waals surface area contributed by atoms with Gasteiger partial charge in [0.25, 0.3) is 6.01 Å². The number of hydrogen-bond donors (Lipinski definition) is 2. The maximum Gasteiger partial charge on any atom is 0.422 e. The number of furan rings is 1. The van der Waals surface area contributed by atoms with Gasteiger partial charge in [-0.1, -0.05) is 35.9 Å². The normalized spacial score (nSPS) is 14.4. The van der Waals surface area contributed by atoms with Crippen molar-refractivity contribution < 1.29 is 46.1 Å². The van der Waals surface area contributed by atoms with Crippen LogP contribution in [0.4, 0.5) is 23.4 Å². The zero-order valence-electron chi connectivity index (χ0n) is 31.8. The standard InChI is InChI=1S/C40H38ClF4N7O6S/c1-23-26(7-8-29(34(23)41)55-18-17-52-15-13-51(2)14-16-52)32-33-36(47-22-48-37(33)59-35(32)30-9-10-31(42)58-30)50-27(38(53)54)19-24-5-3-4-6-28(24)56-20-25-11-12-46-39(49-25)57-21-40(43,44)45/h3-12,22,27H,13-21H2,1-2H3,(H,53,54)(H,47,48,50). The molecule has 6 aromatic rings. The van der Waals surface area contributed by atoms with Gasteiger partial charge in [-0.25, -0.2) is 19.7 Å². The summed E-state index contributed by atoms with van der Waals surface area (Å²) in [4.78, 5) is 35.2. The Labute approximate surface area is 344 Å². The number of aliphatic carboxylic acids is 1. The lowest BCUT2D eigenvalue weighted by atomic mass is 9.97. The Balaban J connectivity index is 1.16. The topological polar surface area (TPSA) is 148 Å². The van der Waals surface area contributed by atoms with Gasteiger partial charge in [-0.3, -0.25) is 4.90 Å². The summed E-state index contributed by atoms with van der Waals surface area (Å²) in [6, 6.07) is 12.0. The van der Waals surface area contributed by atoms with Crippen LogP contribution in [0.15, 0.2) is 71.5 Å². The van der Waals surface area contributed by atoms with Crippen molar-refractivity contribution in [2.45, 2.75) is 32.2 Å². The third-order valence-corrected chi connectivity index (χ3v) is 11.2. The van der Waals surface area contributed by atoms with Gasteiger partial charge in [0.2, 0.25) is 0 Å². The molecule has 19 heteroatoms. The Morgan fingerprint density at radius 1 is 1.02 bits per heavy atom. The fourth-order valence-electron chi connectivity index (χ4n) is 6.53. The quantitative estimate of drug-likeness (QED) is 0.0915. The van der Waals surface area contributed by atoms with Crippen LogP contribution in [0, 0.1) is 12.9 Å². The molecule has 0 bridgehead atoms. The first-order chi connectivity index (χ1) is 28.3. The van der Waals surface area contributed by atoms with E-state index >= 15 is 0 Å². The number of piperazine rings is 1. The fourth-order valence-corrected chi connectivity index (χ4v) is 7.87. The molecule has 2 aromatic carbocycles. The number of alkyl halides is 3. The molecule has 1 atom stereocenters. The van der Waals surface area contributed by atoms with Gasteiger partial charge in [0.15, 0.2) is 6.61 Å². The average Bonchev–Trinajstić information content (AvgIpc) is 3.83.